The minimum atomic E-state index is -0.587. The van der Waals surface area contributed by atoms with Crippen molar-refractivity contribution in [2.75, 3.05) is 13.7 Å². The van der Waals surface area contributed by atoms with Crippen LogP contribution in [0.1, 0.15) is 65.7 Å². The standard InChI is InChI=1S/C27H35N3O4/c1-26(2,3)34-25(31)28-27(4,5)19-12-10-18(11-13-19)20-14-15-22-21(24(20)32-6)17-30(29-22)23-9-7-8-16-33-23/h10-15,17,23H,7-9,16H2,1-6H3,(H,28,31). The van der Waals surface area contributed by atoms with Gasteiger partial charge < -0.3 is 19.5 Å². The molecule has 0 radical (unpaired) electrons. The summed E-state index contributed by atoms with van der Waals surface area (Å²) in [5.74, 6) is 0.790. The largest absolute Gasteiger partial charge is 0.495 e. The summed E-state index contributed by atoms with van der Waals surface area (Å²) in [6.45, 7) is 10.2. The van der Waals surface area contributed by atoms with Crippen LogP contribution in [0.15, 0.2) is 42.6 Å². The van der Waals surface area contributed by atoms with Crippen molar-refractivity contribution in [3.05, 3.63) is 48.2 Å². The average Bonchev–Trinajstić information content (AvgIpc) is 3.22. The molecule has 2 heterocycles. The normalized spacial score (nSPS) is 16.9. The summed E-state index contributed by atoms with van der Waals surface area (Å²) in [6, 6.07) is 12.2. The number of aromatic nitrogens is 2. The van der Waals surface area contributed by atoms with Crippen molar-refractivity contribution in [2.24, 2.45) is 0 Å². The second-order valence-electron chi connectivity index (χ2n) is 10.3. The molecular weight excluding hydrogens is 430 g/mol. The highest BCUT2D eigenvalue weighted by Gasteiger charge is 2.26. The van der Waals surface area contributed by atoms with E-state index in [2.05, 4.69) is 5.32 Å². The molecule has 1 fully saturated rings. The molecule has 0 bridgehead atoms. The van der Waals surface area contributed by atoms with E-state index in [-0.39, 0.29) is 6.23 Å². The van der Waals surface area contributed by atoms with Crippen LogP contribution in [0.4, 0.5) is 4.79 Å². The quantitative estimate of drug-likeness (QED) is 0.488. The molecule has 1 saturated heterocycles. The van der Waals surface area contributed by atoms with Crippen LogP contribution in [0.5, 0.6) is 5.75 Å². The highest BCUT2D eigenvalue weighted by atomic mass is 16.6. The van der Waals surface area contributed by atoms with Gasteiger partial charge >= 0.3 is 6.09 Å². The van der Waals surface area contributed by atoms with E-state index in [1.807, 2.05) is 81.9 Å². The molecule has 34 heavy (non-hydrogen) atoms. The van der Waals surface area contributed by atoms with Gasteiger partial charge in [0.05, 0.1) is 23.6 Å². The number of amides is 1. The third-order valence-electron chi connectivity index (χ3n) is 6.04. The number of rotatable bonds is 5. The SMILES string of the molecule is COc1c(-c2ccc(C(C)(C)NC(=O)OC(C)(C)C)cc2)ccc2nn(C3CCCCO3)cc12. The van der Waals surface area contributed by atoms with E-state index < -0.39 is 17.2 Å². The van der Waals surface area contributed by atoms with E-state index in [1.165, 1.54) is 0 Å². The van der Waals surface area contributed by atoms with E-state index in [0.29, 0.717) is 0 Å². The number of hydrogen-bond acceptors (Lipinski definition) is 5. The van der Waals surface area contributed by atoms with Crippen LogP contribution in [-0.2, 0) is 15.0 Å². The number of nitrogens with one attached hydrogen (secondary N) is 1. The highest BCUT2D eigenvalue weighted by molar-refractivity contribution is 5.92. The summed E-state index contributed by atoms with van der Waals surface area (Å²) in [6.07, 6.45) is 4.79. The topological polar surface area (TPSA) is 74.6 Å². The molecule has 1 N–H and O–H groups in total. The van der Waals surface area contributed by atoms with Gasteiger partial charge in [0.25, 0.3) is 0 Å². The monoisotopic (exact) mass is 465 g/mol. The van der Waals surface area contributed by atoms with Crippen LogP contribution in [0.3, 0.4) is 0 Å². The van der Waals surface area contributed by atoms with Gasteiger partial charge in [-0.1, -0.05) is 24.3 Å². The van der Waals surface area contributed by atoms with Gasteiger partial charge in [-0.25, -0.2) is 9.48 Å². The number of carbonyl (C=O) groups is 1. The molecular formula is C27H35N3O4. The van der Waals surface area contributed by atoms with Gasteiger partial charge in [-0.2, -0.15) is 5.10 Å². The lowest BCUT2D eigenvalue weighted by Gasteiger charge is -2.29. The molecule has 1 amide bonds. The number of fused-ring (bicyclic) bond motifs is 1. The second kappa shape index (κ2) is 9.29. The fraction of sp³-hybridized carbons (Fsp3) is 0.481. The van der Waals surface area contributed by atoms with Crippen molar-refractivity contribution in [3.63, 3.8) is 0 Å². The predicted octanol–water partition coefficient (Wildman–Crippen LogP) is 6.17. The number of methoxy groups -OCH3 is 1. The lowest BCUT2D eigenvalue weighted by molar-refractivity contribution is -0.0390. The van der Waals surface area contributed by atoms with Crippen molar-refractivity contribution in [1.29, 1.82) is 0 Å². The summed E-state index contributed by atoms with van der Waals surface area (Å²) >= 11 is 0. The van der Waals surface area contributed by atoms with E-state index in [0.717, 1.165) is 59.2 Å². The first-order valence-electron chi connectivity index (χ1n) is 11.9. The first-order valence-corrected chi connectivity index (χ1v) is 11.9. The Hall–Kier alpha value is -3.06. The number of ether oxygens (including phenoxy) is 3. The Morgan fingerprint density at radius 2 is 1.82 bits per heavy atom. The maximum Gasteiger partial charge on any atom is 0.408 e. The Kier molecular flexibility index (Phi) is 6.58. The van der Waals surface area contributed by atoms with Crippen molar-refractivity contribution in [3.8, 4) is 16.9 Å². The number of alkyl carbamates (subject to hydrolysis) is 1. The summed E-state index contributed by atoms with van der Waals surface area (Å²) in [5.41, 5.74) is 2.74. The molecule has 1 aliphatic rings. The first kappa shape index (κ1) is 24.1. The maximum atomic E-state index is 12.3. The molecule has 1 aromatic heterocycles. The Labute approximate surface area is 201 Å². The van der Waals surface area contributed by atoms with E-state index in [9.17, 15) is 4.79 Å². The summed E-state index contributed by atoms with van der Waals surface area (Å²) < 4.78 is 19.1. The van der Waals surface area contributed by atoms with Crippen LogP contribution < -0.4 is 10.1 Å². The van der Waals surface area contributed by atoms with E-state index in [1.54, 1.807) is 7.11 Å². The lowest BCUT2D eigenvalue weighted by atomic mass is 9.92. The summed E-state index contributed by atoms with van der Waals surface area (Å²) in [5, 5.41) is 8.66. The minimum absolute atomic E-state index is 0.0201. The summed E-state index contributed by atoms with van der Waals surface area (Å²) in [4.78, 5) is 12.3. The fourth-order valence-electron chi connectivity index (χ4n) is 4.31. The average molecular weight is 466 g/mol. The number of benzene rings is 2. The van der Waals surface area contributed by atoms with Crippen molar-refractivity contribution in [2.45, 2.75) is 71.2 Å². The number of hydrogen-bond donors (Lipinski definition) is 1. The zero-order valence-electron chi connectivity index (χ0n) is 21.0. The van der Waals surface area contributed by atoms with Gasteiger partial charge in [0.1, 0.15) is 17.6 Å². The third-order valence-corrected chi connectivity index (χ3v) is 6.04. The second-order valence-corrected chi connectivity index (χ2v) is 10.3. The summed E-state index contributed by atoms with van der Waals surface area (Å²) in [7, 11) is 1.69. The minimum Gasteiger partial charge on any atom is -0.495 e. The van der Waals surface area contributed by atoms with Crippen LogP contribution in [-0.4, -0.2) is 35.2 Å². The predicted molar refractivity (Wildman–Crippen MR) is 133 cm³/mol. The van der Waals surface area contributed by atoms with E-state index >= 15 is 0 Å². The molecule has 4 rings (SSSR count). The van der Waals surface area contributed by atoms with Gasteiger partial charge in [0.15, 0.2) is 0 Å². The molecule has 0 saturated carbocycles. The number of carbonyl (C=O) groups excluding carboxylic acids is 1. The molecule has 182 valence electrons. The van der Waals surface area contributed by atoms with Gasteiger partial charge in [0, 0.05) is 18.4 Å². The Morgan fingerprint density at radius 3 is 2.44 bits per heavy atom. The van der Waals surface area contributed by atoms with Crippen molar-refractivity contribution >= 4 is 17.0 Å². The molecule has 1 aliphatic heterocycles. The molecule has 7 nitrogen and oxygen atoms in total. The molecule has 1 atom stereocenters. The first-order chi connectivity index (χ1) is 16.1. The molecule has 0 spiro atoms. The highest BCUT2D eigenvalue weighted by Crippen LogP contribution is 2.38. The van der Waals surface area contributed by atoms with Gasteiger partial charge in [-0.05, 0) is 77.1 Å². The number of nitrogens with zero attached hydrogens (tertiary/aromatic N) is 2. The molecule has 3 aromatic rings. The fourth-order valence-corrected chi connectivity index (χ4v) is 4.31. The van der Waals surface area contributed by atoms with Crippen LogP contribution in [0.25, 0.3) is 22.0 Å². The molecule has 2 aromatic carbocycles. The van der Waals surface area contributed by atoms with Gasteiger partial charge in [-0.15, -0.1) is 0 Å². The third kappa shape index (κ3) is 5.20. The van der Waals surface area contributed by atoms with Crippen molar-refractivity contribution < 1.29 is 19.0 Å². The Balaban J connectivity index is 1.59. The smallest absolute Gasteiger partial charge is 0.408 e. The molecule has 7 heteroatoms. The van der Waals surface area contributed by atoms with Gasteiger partial charge in [-0.3, -0.25) is 0 Å². The zero-order chi connectivity index (χ0) is 24.5. The zero-order valence-corrected chi connectivity index (χ0v) is 21.0. The molecule has 1 unspecified atom stereocenters. The van der Waals surface area contributed by atoms with E-state index in [4.69, 9.17) is 19.3 Å². The Bertz CT molecular complexity index is 1150. The van der Waals surface area contributed by atoms with Crippen LogP contribution in [0.2, 0.25) is 0 Å². The van der Waals surface area contributed by atoms with Gasteiger partial charge in [0.2, 0.25) is 0 Å². The lowest BCUT2D eigenvalue weighted by Crippen LogP contribution is -2.43. The molecule has 0 aliphatic carbocycles. The maximum absolute atomic E-state index is 12.3. The van der Waals surface area contributed by atoms with Crippen LogP contribution in [0, 0.1) is 0 Å². The Morgan fingerprint density at radius 1 is 1.09 bits per heavy atom. The van der Waals surface area contributed by atoms with Crippen molar-refractivity contribution in [1.82, 2.24) is 15.1 Å². The van der Waals surface area contributed by atoms with Crippen LogP contribution >= 0.6 is 0 Å².